The van der Waals surface area contributed by atoms with Gasteiger partial charge in [-0.3, -0.25) is 33.7 Å². The largest absolute Gasteiger partial charge is 0.480 e. The van der Waals surface area contributed by atoms with Crippen molar-refractivity contribution in [3.63, 3.8) is 0 Å². The van der Waals surface area contributed by atoms with Crippen molar-refractivity contribution in [2.24, 2.45) is 5.73 Å². The van der Waals surface area contributed by atoms with E-state index in [1.165, 1.54) is 37.5 Å². The number of carboxylic acid groups (broad SMARTS) is 1. The fourth-order valence-corrected chi connectivity index (χ4v) is 6.36. The number of aliphatic hydroxyl groups excluding tert-OH is 1. The maximum atomic E-state index is 14.0. The molecular weight excluding hydrogens is 732 g/mol. The molecule has 4 heterocycles. The molecule has 5 rings (SSSR count). The van der Waals surface area contributed by atoms with E-state index in [9.17, 15) is 43.8 Å². The Kier molecular flexibility index (Phi) is 13.3. The fourth-order valence-electron chi connectivity index (χ4n) is 6.36. The Morgan fingerprint density at radius 1 is 1.04 bits per heavy atom. The van der Waals surface area contributed by atoms with Gasteiger partial charge in [0.15, 0.2) is 6.23 Å². The third-order valence-corrected chi connectivity index (χ3v) is 9.52. The van der Waals surface area contributed by atoms with Gasteiger partial charge < -0.3 is 51.8 Å². The SMILES string of the molecule is C[C@@H]([C@H](NC(=O)[C@H](Cc1cccnc1)NC(=O)N[C@@H](Cc1c[nH]c2ccccc12)C(=O)O)C(=O)NC[C@H]1C[C@@H](O)[C@H](n2ccc(=O)[nH]c2=O)O1)N(C)C(=O)CN. The number of para-hydroxylation sites is 1. The number of rotatable bonds is 16. The highest BCUT2D eigenvalue weighted by Crippen LogP contribution is 2.27. The quantitative estimate of drug-likeness (QED) is 0.0602. The van der Waals surface area contributed by atoms with Crippen LogP contribution in [0, 0.1) is 0 Å². The summed E-state index contributed by atoms with van der Waals surface area (Å²) in [5, 5.41) is 31.6. The zero-order chi connectivity index (χ0) is 40.5. The average molecular weight is 777 g/mol. The predicted octanol–water partition coefficient (Wildman–Crippen LogP) is -1.93. The number of likely N-dealkylation sites (N-methyl/N-ethyl adjacent to an activating group) is 1. The van der Waals surface area contributed by atoms with Crippen LogP contribution in [0.3, 0.4) is 0 Å². The van der Waals surface area contributed by atoms with Crippen molar-refractivity contribution >= 4 is 40.6 Å². The van der Waals surface area contributed by atoms with Crippen molar-refractivity contribution in [3.8, 4) is 0 Å². The standard InChI is InChI=1S/C36H44N10O10/c1-19(45(2)29(49)15-37)30(32(51)40-18-22-14-27(47)33(56-22)46-11-9-28(48)43-36(46)55)44-31(50)25(12-20-6-5-10-38-16-20)41-35(54)42-26(34(52)53)13-21-17-39-24-8-4-3-7-23(21)24/h3-11,16-17,19,22,25-27,30,33,39,47H,12-15,18,37H2,1-2H3,(H,40,51)(H,44,50)(H,52,53)(H2,41,42,54)(H,43,48,55)/t19-,22+,25-,26-,27+,30-,33+/m0/s1. The molecule has 1 saturated heterocycles. The van der Waals surface area contributed by atoms with E-state index < -0.39 is 90.1 Å². The highest BCUT2D eigenvalue weighted by molar-refractivity contribution is 5.93. The molecule has 0 unspecified atom stereocenters. The number of aliphatic carboxylic acids is 1. The number of benzene rings is 1. The Morgan fingerprint density at radius 3 is 2.48 bits per heavy atom. The zero-order valence-corrected chi connectivity index (χ0v) is 30.5. The number of urea groups is 1. The number of pyridine rings is 1. The zero-order valence-electron chi connectivity index (χ0n) is 30.5. The average Bonchev–Trinajstić information content (AvgIpc) is 3.77. The summed E-state index contributed by atoms with van der Waals surface area (Å²) in [6.07, 6.45) is 2.50. The van der Waals surface area contributed by atoms with Crippen LogP contribution in [0.25, 0.3) is 10.9 Å². The number of carbonyl (C=O) groups is 5. The number of carboxylic acids is 1. The van der Waals surface area contributed by atoms with Crippen LogP contribution in [-0.4, -0.2) is 121 Å². The lowest BCUT2D eigenvalue weighted by molar-refractivity contribution is -0.139. The molecule has 20 heteroatoms. The minimum absolute atomic E-state index is 0.00147. The fraction of sp³-hybridized carbons (Fsp3) is 0.389. The van der Waals surface area contributed by atoms with Gasteiger partial charge in [-0.15, -0.1) is 0 Å². The Labute approximate surface area is 318 Å². The summed E-state index contributed by atoms with van der Waals surface area (Å²) in [7, 11) is 1.40. The number of amides is 5. The van der Waals surface area contributed by atoms with Gasteiger partial charge in [0.05, 0.1) is 18.7 Å². The van der Waals surface area contributed by atoms with Crippen LogP contribution < -0.4 is 38.2 Å². The highest BCUT2D eigenvalue weighted by atomic mass is 16.5. The summed E-state index contributed by atoms with van der Waals surface area (Å²) in [6, 6.07) is 5.51. The maximum absolute atomic E-state index is 14.0. The van der Waals surface area contributed by atoms with E-state index in [-0.39, 0.29) is 25.8 Å². The smallest absolute Gasteiger partial charge is 0.330 e. The number of H-pyrrole nitrogens is 2. The van der Waals surface area contributed by atoms with Gasteiger partial charge >= 0.3 is 17.7 Å². The molecule has 0 aliphatic carbocycles. The summed E-state index contributed by atoms with van der Waals surface area (Å²) < 4.78 is 6.82. The van der Waals surface area contributed by atoms with Crippen molar-refractivity contribution in [3.05, 3.63) is 99.2 Å². The number of aromatic amines is 2. The summed E-state index contributed by atoms with van der Waals surface area (Å²) in [5.41, 5.74) is 6.11. The van der Waals surface area contributed by atoms with E-state index >= 15 is 0 Å². The minimum atomic E-state index is -1.43. The number of hydrogen-bond donors (Lipinski definition) is 9. The first-order chi connectivity index (χ1) is 26.7. The molecule has 5 amide bonds. The molecule has 1 aromatic carbocycles. The van der Waals surface area contributed by atoms with Crippen LogP contribution in [0.2, 0.25) is 0 Å². The van der Waals surface area contributed by atoms with E-state index in [0.29, 0.717) is 11.1 Å². The molecule has 0 spiro atoms. The van der Waals surface area contributed by atoms with Crippen molar-refractivity contribution in [1.29, 1.82) is 0 Å². The molecule has 1 fully saturated rings. The third-order valence-electron chi connectivity index (χ3n) is 9.52. The van der Waals surface area contributed by atoms with Crippen molar-refractivity contribution in [2.75, 3.05) is 20.1 Å². The second-order valence-electron chi connectivity index (χ2n) is 13.3. The third kappa shape index (κ3) is 10.0. The molecule has 1 aliphatic heterocycles. The molecular formula is C36H44N10O10. The van der Waals surface area contributed by atoms with Gasteiger partial charge in [-0.05, 0) is 30.2 Å². The van der Waals surface area contributed by atoms with E-state index in [0.717, 1.165) is 21.5 Å². The van der Waals surface area contributed by atoms with Crippen molar-refractivity contribution < 1.29 is 38.9 Å². The van der Waals surface area contributed by atoms with E-state index in [1.807, 2.05) is 18.2 Å². The second-order valence-corrected chi connectivity index (χ2v) is 13.3. The molecule has 1 aliphatic rings. The first-order valence-corrected chi connectivity index (χ1v) is 17.7. The lowest BCUT2D eigenvalue weighted by Crippen LogP contribution is -2.62. The van der Waals surface area contributed by atoms with Crippen molar-refractivity contribution in [2.45, 2.75) is 68.8 Å². The molecule has 56 heavy (non-hydrogen) atoms. The van der Waals surface area contributed by atoms with Gasteiger partial charge in [0, 0.05) is 74.6 Å². The summed E-state index contributed by atoms with van der Waals surface area (Å²) in [4.78, 5) is 100. The number of carbonyl (C=O) groups excluding carboxylic acids is 4. The lowest BCUT2D eigenvalue weighted by Gasteiger charge is -2.33. The van der Waals surface area contributed by atoms with Gasteiger partial charge in [-0.25, -0.2) is 14.4 Å². The number of nitrogens with two attached hydrogens (primary N) is 1. The van der Waals surface area contributed by atoms with Crippen LogP contribution in [0.1, 0.15) is 30.7 Å². The first-order valence-electron chi connectivity index (χ1n) is 17.7. The molecule has 4 aromatic rings. The Hall–Kier alpha value is -6.38. The number of ether oxygens (including phenoxy) is 1. The summed E-state index contributed by atoms with van der Waals surface area (Å²) in [6.45, 7) is 0.924. The maximum Gasteiger partial charge on any atom is 0.330 e. The predicted molar refractivity (Wildman–Crippen MR) is 199 cm³/mol. The normalized spacial score (nSPS) is 18.6. The summed E-state index contributed by atoms with van der Waals surface area (Å²) in [5.74, 6) is -3.47. The lowest BCUT2D eigenvalue weighted by atomic mass is 10.0. The van der Waals surface area contributed by atoms with Gasteiger partial charge in [0.2, 0.25) is 17.7 Å². The number of nitrogens with one attached hydrogen (secondary N) is 6. The summed E-state index contributed by atoms with van der Waals surface area (Å²) >= 11 is 0. The number of aromatic nitrogens is 4. The van der Waals surface area contributed by atoms with Crippen LogP contribution in [0.15, 0.2) is 76.8 Å². The molecule has 10 N–H and O–H groups in total. The van der Waals surface area contributed by atoms with E-state index in [4.69, 9.17) is 10.5 Å². The number of nitrogens with zero attached hydrogens (tertiary/aromatic N) is 3. The van der Waals surface area contributed by atoms with E-state index in [1.54, 1.807) is 24.4 Å². The monoisotopic (exact) mass is 776 g/mol. The Bertz CT molecular complexity index is 2150. The number of fused-ring (bicyclic) bond motifs is 1. The van der Waals surface area contributed by atoms with Crippen LogP contribution in [0.5, 0.6) is 0 Å². The Morgan fingerprint density at radius 2 is 1.79 bits per heavy atom. The van der Waals surface area contributed by atoms with Gasteiger partial charge in [-0.2, -0.15) is 0 Å². The number of hydrogen-bond acceptors (Lipinski definition) is 11. The van der Waals surface area contributed by atoms with Gasteiger partial charge in [0.25, 0.3) is 5.56 Å². The van der Waals surface area contributed by atoms with E-state index in [2.05, 4.69) is 36.2 Å². The molecule has 3 aromatic heterocycles. The van der Waals surface area contributed by atoms with Gasteiger partial charge in [-0.1, -0.05) is 24.3 Å². The minimum Gasteiger partial charge on any atom is -0.480 e. The van der Waals surface area contributed by atoms with Crippen LogP contribution in [0.4, 0.5) is 4.79 Å². The molecule has 0 radical (unpaired) electrons. The highest BCUT2D eigenvalue weighted by Gasteiger charge is 2.38. The topological polar surface area (TPSA) is 296 Å². The molecule has 0 bridgehead atoms. The van der Waals surface area contributed by atoms with Crippen LogP contribution >= 0.6 is 0 Å². The number of aliphatic hydroxyl groups is 1. The van der Waals surface area contributed by atoms with Crippen molar-refractivity contribution in [1.82, 2.24) is 45.7 Å². The molecule has 298 valence electrons. The second kappa shape index (κ2) is 18.3. The van der Waals surface area contributed by atoms with Gasteiger partial charge in [0.1, 0.15) is 24.2 Å². The molecule has 20 nitrogen and oxygen atoms in total. The molecule has 0 saturated carbocycles. The molecule has 7 atom stereocenters. The van der Waals surface area contributed by atoms with Crippen LogP contribution in [-0.2, 0) is 36.8 Å². The Balaban J connectivity index is 1.31. The first kappa shape index (κ1) is 40.8.